The highest BCUT2D eigenvalue weighted by Crippen LogP contribution is 2.47. The number of benzene rings is 2. The quantitative estimate of drug-likeness (QED) is 0.327. The Bertz CT molecular complexity index is 1180. The number of likely N-dealkylation sites (tertiary alicyclic amines) is 2. The Morgan fingerprint density at radius 1 is 0.902 bits per heavy atom. The number of hydrogen-bond acceptors (Lipinski definition) is 6. The number of carbonyl (C=O) groups excluding carboxylic acids is 2. The van der Waals surface area contributed by atoms with E-state index in [1.54, 1.807) is 0 Å². The van der Waals surface area contributed by atoms with Gasteiger partial charge in [-0.3, -0.25) is 18.6 Å². The smallest absolute Gasteiger partial charge is 0.406 e. The van der Waals surface area contributed by atoms with E-state index in [1.165, 1.54) is 9.80 Å². The molecular formula is C30H40N3O7P. The van der Waals surface area contributed by atoms with Gasteiger partial charge in [-0.1, -0.05) is 80.9 Å². The average Bonchev–Trinajstić information content (AvgIpc) is 3.69. The molecule has 2 N–H and O–H groups in total. The Labute approximate surface area is 241 Å². The van der Waals surface area contributed by atoms with E-state index in [-0.39, 0.29) is 30.9 Å². The molecule has 4 unspecified atom stereocenters. The van der Waals surface area contributed by atoms with Crippen LogP contribution in [0.25, 0.3) is 0 Å². The number of aliphatic carboxylic acids is 1. The van der Waals surface area contributed by atoms with E-state index in [9.17, 15) is 24.1 Å². The number of rotatable bonds is 13. The lowest BCUT2D eigenvalue weighted by atomic mass is 9.98. The fraction of sp³-hybridized carbons (Fsp3) is 0.500. The molecule has 11 heteroatoms. The van der Waals surface area contributed by atoms with E-state index in [2.05, 4.69) is 5.09 Å². The van der Waals surface area contributed by atoms with Crippen molar-refractivity contribution in [1.82, 2.24) is 14.9 Å². The van der Waals surface area contributed by atoms with Gasteiger partial charge in [0, 0.05) is 13.1 Å². The number of amides is 2. The van der Waals surface area contributed by atoms with Crippen molar-refractivity contribution in [3.05, 3.63) is 71.8 Å². The van der Waals surface area contributed by atoms with Crippen molar-refractivity contribution in [1.29, 1.82) is 0 Å². The predicted octanol–water partition coefficient (Wildman–Crippen LogP) is 4.60. The maximum atomic E-state index is 14.2. The fourth-order valence-corrected chi connectivity index (χ4v) is 6.92. The van der Waals surface area contributed by atoms with E-state index in [0.717, 1.165) is 11.1 Å². The number of carboxylic acids is 1. The number of hydrogen-bond donors (Lipinski definition) is 2. The number of carbonyl (C=O) groups is 3. The van der Waals surface area contributed by atoms with Crippen LogP contribution in [0.15, 0.2) is 60.7 Å². The molecule has 0 spiro atoms. The molecule has 0 aromatic heterocycles. The Balaban J connectivity index is 1.55. The minimum atomic E-state index is -4.03. The van der Waals surface area contributed by atoms with Crippen molar-refractivity contribution in [2.24, 2.45) is 5.92 Å². The van der Waals surface area contributed by atoms with Crippen LogP contribution in [0.1, 0.15) is 57.1 Å². The first kappa shape index (κ1) is 30.9. The molecule has 0 radical (unpaired) electrons. The maximum absolute atomic E-state index is 14.2. The summed E-state index contributed by atoms with van der Waals surface area (Å²) < 4.78 is 26.0. The lowest BCUT2D eigenvalue weighted by Gasteiger charge is -2.35. The zero-order chi connectivity index (χ0) is 29.4. The third kappa shape index (κ3) is 7.83. The van der Waals surface area contributed by atoms with Crippen LogP contribution < -0.4 is 5.09 Å². The predicted molar refractivity (Wildman–Crippen MR) is 154 cm³/mol. The molecule has 0 bridgehead atoms. The van der Waals surface area contributed by atoms with Crippen LogP contribution in [0.2, 0.25) is 0 Å². The molecule has 2 aromatic carbocycles. The highest BCUT2D eigenvalue weighted by molar-refractivity contribution is 7.51. The van der Waals surface area contributed by atoms with E-state index < -0.39 is 31.8 Å². The van der Waals surface area contributed by atoms with Gasteiger partial charge in [-0.25, -0.2) is 14.4 Å². The monoisotopic (exact) mass is 585 g/mol. The lowest BCUT2D eigenvalue weighted by Crippen LogP contribution is -2.55. The number of carboxylic acid groups (broad SMARTS) is 1. The first-order valence-electron chi connectivity index (χ1n) is 14.3. The van der Waals surface area contributed by atoms with E-state index in [4.69, 9.17) is 9.05 Å². The standard InChI is InChI=1S/C30H40N3O7P/c1-3-22(2)27(29(35)32-18-10-16-25(32)28(34)33-19-11-17-26(33)30(36)37)31-41(38,39-20-23-12-6-4-7-13-23)40-21-24-14-8-5-9-15-24/h4-9,12-15,22,25-27H,3,10-11,16-21H2,1-2H3,(H,31,38)(H,36,37). The molecule has 4 atom stereocenters. The average molecular weight is 586 g/mol. The summed E-state index contributed by atoms with van der Waals surface area (Å²) in [6.45, 7) is 4.55. The largest absolute Gasteiger partial charge is 0.480 e. The SMILES string of the molecule is CCC(C)C(NP(=O)(OCc1ccccc1)OCc1ccccc1)C(=O)N1CCCC1C(=O)N1CCCC1C(=O)O. The van der Waals surface area contributed by atoms with Crippen LogP contribution in [-0.4, -0.2) is 63.9 Å². The van der Waals surface area contributed by atoms with Crippen molar-refractivity contribution >= 4 is 25.5 Å². The van der Waals surface area contributed by atoms with Crippen molar-refractivity contribution in [2.45, 2.75) is 77.3 Å². The van der Waals surface area contributed by atoms with Gasteiger partial charge >= 0.3 is 13.7 Å². The molecule has 2 fully saturated rings. The van der Waals surface area contributed by atoms with Gasteiger partial charge in [0.2, 0.25) is 11.8 Å². The molecule has 2 saturated heterocycles. The Kier molecular flexibility index (Phi) is 10.7. The third-order valence-electron chi connectivity index (χ3n) is 7.91. The first-order valence-corrected chi connectivity index (χ1v) is 15.8. The molecule has 41 heavy (non-hydrogen) atoms. The summed E-state index contributed by atoms with van der Waals surface area (Å²) in [5, 5.41) is 12.5. The molecule has 4 rings (SSSR count). The number of nitrogens with zero attached hydrogens (tertiary/aromatic N) is 2. The van der Waals surface area contributed by atoms with Crippen LogP contribution in [0.4, 0.5) is 0 Å². The van der Waals surface area contributed by atoms with Gasteiger partial charge in [0.05, 0.1) is 19.3 Å². The molecule has 2 aliphatic rings. The Morgan fingerprint density at radius 2 is 1.41 bits per heavy atom. The van der Waals surface area contributed by atoms with Crippen molar-refractivity contribution < 1.29 is 33.1 Å². The molecule has 2 amide bonds. The zero-order valence-electron chi connectivity index (χ0n) is 23.7. The van der Waals surface area contributed by atoms with Gasteiger partial charge in [0.15, 0.2) is 0 Å². The van der Waals surface area contributed by atoms with Gasteiger partial charge in [0.1, 0.15) is 12.1 Å². The molecule has 0 aliphatic carbocycles. The molecule has 2 aromatic rings. The highest BCUT2D eigenvalue weighted by Gasteiger charge is 2.45. The summed E-state index contributed by atoms with van der Waals surface area (Å²) in [4.78, 5) is 42.2. The second-order valence-corrected chi connectivity index (χ2v) is 12.5. The molecular weight excluding hydrogens is 545 g/mol. The molecule has 2 heterocycles. The second kappa shape index (κ2) is 14.2. The third-order valence-corrected chi connectivity index (χ3v) is 9.44. The molecule has 0 saturated carbocycles. The van der Waals surface area contributed by atoms with Gasteiger partial charge in [-0.05, 0) is 42.7 Å². The number of nitrogens with one attached hydrogen (secondary N) is 1. The summed E-state index contributed by atoms with van der Waals surface area (Å²) in [7, 11) is -4.03. The minimum Gasteiger partial charge on any atom is -0.480 e. The normalized spacial score (nSPS) is 20.6. The van der Waals surface area contributed by atoms with Crippen LogP contribution in [0, 0.1) is 5.92 Å². The van der Waals surface area contributed by atoms with E-state index in [0.29, 0.717) is 45.2 Å². The first-order chi connectivity index (χ1) is 19.7. The molecule has 10 nitrogen and oxygen atoms in total. The maximum Gasteiger partial charge on any atom is 0.406 e. The van der Waals surface area contributed by atoms with Crippen molar-refractivity contribution in [3.8, 4) is 0 Å². The topological polar surface area (TPSA) is 125 Å². The van der Waals surface area contributed by atoms with E-state index in [1.807, 2.05) is 74.5 Å². The van der Waals surface area contributed by atoms with Gasteiger partial charge in [-0.2, -0.15) is 0 Å². The molecule has 222 valence electrons. The Hall–Kier alpha value is -3.04. The van der Waals surface area contributed by atoms with Gasteiger partial charge < -0.3 is 14.9 Å². The van der Waals surface area contributed by atoms with Crippen molar-refractivity contribution in [2.75, 3.05) is 13.1 Å². The van der Waals surface area contributed by atoms with E-state index >= 15 is 0 Å². The second-order valence-electron chi connectivity index (χ2n) is 10.7. The fourth-order valence-electron chi connectivity index (χ4n) is 5.36. The summed E-state index contributed by atoms with van der Waals surface area (Å²) in [6.07, 6.45) is 2.68. The lowest BCUT2D eigenvalue weighted by molar-refractivity contribution is -0.152. The molecule has 2 aliphatic heterocycles. The zero-order valence-corrected chi connectivity index (χ0v) is 24.6. The van der Waals surface area contributed by atoms with Crippen LogP contribution in [-0.2, 0) is 41.2 Å². The van der Waals surface area contributed by atoms with Crippen LogP contribution in [0.3, 0.4) is 0 Å². The summed E-state index contributed by atoms with van der Waals surface area (Å²) in [6, 6.07) is 16.0. The summed E-state index contributed by atoms with van der Waals surface area (Å²) >= 11 is 0. The minimum absolute atomic E-state index is 0.0116. The highest BCUT2D eigenvalue weighted by atomic mass is 31.2. The van der Waals surface area contributed by atoms with Gasteiger partial charge in [-0.15, -0.1) is 0 Å². The summed E-state index contributed by atoms with van der Waals surface area (Å²) in [5.41, 5.74) is 1.60. The van der Waals surface area contributed by atoms with Crippen LogP contribution in [0.5, 0.6) is 0 Å². The van der Waals surface area contributed by atoms with Crippen LogP contribution >= 0.6 is 7.75 Å². The summed E-state index contributed by atoms with van der Waals surface area (Å²) in [5.74, 6) is -2.00. The Morgan fingerprint density at radius 3 is 1.93 bits per heavy atom. The van der Waals surface area contributed by atoms with Gasteiger partial charge in [0.25, 0.3) is 0 Å². The van der Waals surface area contributed by atoms with Crippen molar-refractivity contribution in [3.63, 3.8) is 0 Å².